The van der Waals surface area contributed by atoms with E-state index in [1.807, 2.05) is 0 Å². The number of alkyl halides is 1. The predicted molar refractivity (Wildman–Crippen MR) is 81.0 cm³/mol. The molecule has 0 unspecified atom stereocenters. The molecular formula is C17H17F2N3O. The van der Waals surface area contributed by atoms with E-state index in [2.05, 4.69) is 10.2 Å². The number of rotatable bonds is 2. The molecule has 1 amide bonds. The summed E-state index contributed by atoms with van der Waals surface area (Å²) < 4.78 is 27.1. The van der Waals surface area contributed by atoms with Crippen molar-refractivity contribution < 1.29 is 13.6 Å². The average molecular weight is 317 g/mol. The Labute approximate surface area is 132 Å². The fourth-order valence-corrected chi connectivity index (χ4v) is 3.14. The molecule has 4 nitrogen and oxygen atoms in total. The highest BCUT2D eigenvalue weighted by atomic mass is 19.1. The zero-order valence-electron chi connectivity index (χ0n) is 12.6. The Balaban J connectivity index is 1.58. The number of hydrogen-bond donors (Lipinski definition) is 1. The zero-order valence-corrected chi connectivity index (χ0v) is 12.6. The Morgan fingerprint density at radius 3 is 2.57 bits per heavy atom. The molecule has 0 atom stereocenters. The Morgan fingerprint density at radius 1 is 1.17 bits per heavy atom. The van der Waals surface area contributed by atoms with Crippen molar-refractivity contribution in [2.75, 3.05) is 13.1 Å². The van der Waals surface area contributed by atoms with Gasteiger partial charge in [-0.05, 0) is 43.5 Å². The lowest BCUT2D eigenvalue weighted by atomic mass is 10.0. The number of nitrogens with one attached hydrogen (secondary N) is 1. The van der Waals surface area contributed by atoms with Crippen LogP contribution in [0.15, 0.2) is 24.3 Å². The van der Waals surface area contributed by atoms with Gasteiger partial charge >= 0.3 is 0 Å². The van der Waals surface area contributed by atoms with Gasteiger partial charge < -0.3 is 4.90 Å². The standard InChI is InChI=1S/C17H17F2N3O/c18-12-3-1-11(2-4-12)15-13-5-9-22(10-6-14(13)20-21-15)16(23)17(19)7-8-17/h1-4H,5-10H2,(H,20,21). The van der Waals surface area contributed by atoms with Crippen molar-refractivity contribution in [3.05, 3.63) is 41.3 Å². The van der Waals surface area contributed by atoms with Gasteiger partial charge in [-0.15, -0.1) is 0 Å². The third-order valence-corrected chi connectivity index (χ3v) is 4.69. The molecule has 2 aromatic rings. The summed E-state index contributed by atoms with van der Waals surface area (Å²) in [6.07, 6.45) is 1.94. The van der Waals surface area contributed by atoms with Crippen LogP contribution < -0.4 is 0 Å². The van der Waals surface area contributed by atoms with E-state index in [9.17, 15) is 13.6 Å². The van der Waals surface area contributed by atoms with Gasteiger partial charge in [0.25, 0.3) is 5.91 Å². The fourth-order valence-electron chi connectivity index (χ4n) is 3.14. The lowest BCUT2D eigenvalue weighted by Gasteiger charge is -2.22. The van der Waals surface area contributed by atoms with Gasteiger partial charge in [-0.3, -0.25) is 9.89 Å². The third-order valence-electron chi connectivity index (χ3n) is 4.69. The minimum absolute atomic E-state index is 0.287. The number of H-pyrrole nitrogens is 1. The van der Waals surface area contributed by atoms with E-state index >= 15 is 0 Å². The number of nitrogens with zero attached hydrogens (tertiary/aromatic N) is 2. The van der Waals surface area contributed by atoms with Gasteiger partial charge in [0.05, 0.1) is 5.69 Å². The van der Waals surface area contributed by atoms with Crippen LogP contribution >= 0.6 is 0 Å². The maximum absolute atomic E-state index is 14.0. The molecule has 23 heavy (non-hydrogen) atoms. The summed E-state index contributed by atoms with van der Waals surface area (Å²) in [5.74, 6) is -0.663. The van der Waals surface area contributed by atoms with Gasteiger partial charge in [-0.25, -0.2) is 8.78 Å². The Morgan fingerprint density at radius 2 is 1.87 bits per heavy atom. The number of aromatic nitrogens is 2. The predicted octanol–water partition coefficient (Wildman–Crippen LogP) is 2.65. The van der Waals surface area contributed by atoms with Gasteiger partial charge in [-0.2, -0.15) is 5.10 Å². The van der Waals surface area contributed by atoms with Crippen molar-refractivity contribution in [1.82, 2.24) is 15.1 Å². The highest BCUT2D eigenvalue weighted by Crippen LogP contribution is 2.41. The number of aromatic amines is 1. The SMILES string of the molecule is O=C(N1CCc2[nH]nc(-c3ccc(F)cc3)c2CC1)C1(F)CC1. The Bertz CT molecular complexity index is 750. The molecule has 1 N–H and O–H groups in total. The Kier molecular flexibility index (Phi) is 3.21. The van der Waals surface area contributed by atoms with Crippen molar-refractivity contribution >= 4 is 5.91 Å². The number of halogens is 2. The smallest absolute Gasteiger partial charge is 0.260 e. The van der Waals surface area contributed by atoms with Crippen LogP contribution in [0, 0.1) is 5.82 Å². The minimum atomic E-state index is -1.61. The van der Waals surface area contributed by atoms with Gasteiger partial charge in [0.15, 0.2) is 5.67 Å². The molecule has 1 aliphatic heterocycles. The van der Waals surface area contributed by atoms with Crippen LogP contribution in [-0.2, 0) is 17.6 Å². The highest BCUT2D eigenvalue weighted by molar-refractivity contribution is 5.88. The number of carbonyl (C=O) groups excluding carboxylic acids is 1. The second-order valence-electron chi connectivity index (χ2n) is 6.29. The fraction of sp³-hybridized carbons (Fsp3) is 0.412. The van der Waals surface area contributed by atoms with E-state index in [0.29, 0.717) is 38.8 Å². The van der Waals surface area contributed by atoms with Crippen LogP contribution in [-0.4, -0.2) is 39.8 Å². The molecule has 1 aromatic heterocycles. The normalized spacial score (nSPS) is 19.1. The number of benzene rings is 1. The summed E-state index contributed by atoms with van der Waals surface area (Å²) in [6, 6.07) is 6.20. The highest BCUT2D eigenvalue weighted by Gasteiger charge is 2.52. The van der Waals surface area contributed by atoms with Gasteiger partial charge in [-0.1, -0.05) is 0 Å². The summed E-state index contributed by atoms with van der Waals surface area (Å²) in [7, 11) is 0. The number of amides is 1. The third kappa shape index (κ3) is 2.52. The van der Waals surface area contributed by atoms with Crippen molar-refractivity contribution in [3.8, 4) is 11.3 Å². The van der Waals surface area contributed by atoms with Crippen molar-refractivity contribution in [1.29, 1.82) is 0 Å². The lowest BCUT2D eigenvalue weighted by molar-refractivity contribution is -0.138. The summed E-state index contributed by atoms with van der Waals surface area (Å²) in [6.45, 7) is 0.994. The van der Waals surface area contributed by atoms with Crippen LogP contribution in [0.3, 0.4) is 0 Å². The topological polar surface area (TPSA) is 49.0 Å². The van der Waals surface area contributed by atoms with Gasteiger partial charge in [0.1, 0.15) is 5.82 Å². The molecule has 1 saturated carbocycles. The molecule has 1 fully saturated rings. The number of fused-ring (bicyclic) bond motifs is 1. The quantitative estimate of drug-likeness (QED) is 0.926. The maximum atomic E-state index is 14.0. The van der Waals surface area contributed by atoms with Crippen LogP contribution in [0.5, 0.6) is 0 Å². The molecule has 1 aliphatic carbocycles. The molecule has 2 heterocycles. The molecule has 1 aromatic carbocycles. The molecular weight excluding hydrogens is 300 g/mol. The number of carbonyl (C=O) groups is 1. The molecule has 0 bridgehead atoms. The van der Waals surface area contributed by atoms with E-state index in [0.717, 1.165) is 22.5 Å². The summed E-state index contributed by atoms with van der Waals surface area (Å²) >= 11 is 0. The first-order chi connectivity index (χ1) is 11.1. The summed E-state index contributed by atoms with van der Waals surface area (Å²) in [4.78, 5) is 13.8. The van der Waals surface area contributed by atoms with Crippen LogP contribution in [0.1, 0.15) is 24.1 Å². The molecule has 4 rings (SSSR count). The summed E-state index contributed by atoms with van der Waals surface area (Å²) in [5.41, 5.74) is 2.03. The molecule has 2 aliphatic rings. The lowest BCUT2D eigenvalue weighted by Crippen LogP contribution is -2.40. The van der Waals surface area contributed by atoms with Gasteiger partial charge in [0, 0.05) is 36.3 Å². The minimum Gasteiger partial charge on any atom is -0.339 e. The van der Waals surface area contributed by atoms with Crippen molar-refractivity contribution in [2.24, 2.45) is 0 Å². The monoisotopic (exact) mass is 317 g/mol. The summed E-state index contributed by atoms with van der Waals surface area (Å²) in [5, 5.41) is 7.36. The van der Waals surface area contributed by atoms with Crippen molar-refractivity contribution in [3.63, 3.8) is 0 Å². The van der Waals surface area contributed by atoms with E-state index in [1.165, 1.54) is 12.1 Å². The Hall–Kier alpha value is -2.24. The molecule has 0 spiro atoms. The first-order valence-electron chi connectivity index (χ1n) is 7.87. The molecule has 6 heteroatoms. The van der Waals surface area contributed by atoms with Crippen LogP contribution in [0.25, 0.3) is 11.3 Å². The first-order valence-corrected chi connectivity index (χ1v) is 7.87. The maximum Gasteiger partial charge on any atom is 0.260 e. The molecule has 0 radical (unpaired) electrons. The molecule has 120 valence electrons. The number of hydrogen-bond acceptors (Lipinski definition) is 2. The van der Waals surface area contributed by atoms with Gasteiger partial charge in [0.2, 0.25) is 0 Å². The van der Waals surface area contributed by atoms with Crippen LogP contribution in [0.2, 0.25) is 0 Å². The zero-order chi connectivity index (χ0) is 16.0. The van der Waals surface area contributed by atoms with Crippen LogP contribution in [0.4, 0.5) is 8.78 Å². The van der Waals surface area contributed by atoms with E-state index in [1.54, 1.807) is 17.0 Å². The van der Waals surface area contributed by atoms with E-state index < -0.39 is 5.67 Å². The first kappa shape index (κ1) is 14.4. The average Bonchev–Trinajstić information content (AvgIpc) is 3.24. The molecule has 0 saturated heterocycles. The second-order valence-corrected chi connectivity index (χ2v) is 6.29. The van der Waals surface area contributed by atoms with Crippen molar-refractivity contribution in [2.45, 2.75) is 31.4 Å². The van der Waals surface area contributed by atoms with E-state index in [-0.39, 0.29) is 11.7 Å². The second kappa shape index (κ2) is 5.15. The largest absolute Gasteiger partial charge is 0.339 e. The van der Waals surface area contributed by atoms with E-state index in [4.69, 9.17) is 0 Å².